The van der Waals surface area contributed by atoms with Crippen molar-refractivity contribution in [3.63, 3.8) is 0 Å². The number of alkyl halides is 1. The van der Waals surface area contributed by atoms with Crippen LogP contribution >= 0.6 is 23.2 Å². The van der Waals surface area contributed by atoms with Crippen LogP contribution in [0.3, 0.4) is 0 Å². The molecule has 0 saturated heterocycles. The average molecular weight is 256 g/mol. The number of rotatable bonds is 3. The molecular formula is C12H11Cl2NO. The zero-order valence-electron chi connectivity index (χ0n) is 8.84. The number of fused-ring (bicyclic) bond motifs is 1. The maximum Gasteiger partial charge on any atom is 0.119 e. The van der Waals surface area contributed by atoms with E-state index in [4.69, 9.17) is 27.9 Å². The van der Waals surface area contributed by atoms with Crippen molar-refractivity contribution < 1.29 is 4.74 Å². The van der Waals surface area contributed by atoms with Crippen LogP contribution in [0.15, 0.2) is 24.4 Å². The molecule has 0 spiro atoms. The van der Waals surface area contributed by atoms with Crippen molar-refractivity contribution in [1.82, 2.24) is 4.98 Å². The summed E-state index contributed by atoms with van der Waals surface area (Å²) in [7, 11) is 1.63. The van der Waals surface area contributed by atoms with E-state index >= 15 is 0 Å². The molecule has 2 aromatic rings. The minimum atomic E-state index is 0.539. The number of pyridine rings is 1. The third-order valence-electron chi connectivity index (χ3n) is 2.45. The van der Waals surface area contributed by atoms with Crippen LogP contribution in [0.5, 0.6) is 5.75 Å². The van der Waals surface area contributed by atoms with Crippen molar-refractivity contribution in [1.29, 1.82) is 0 Å². The monoisotopic (exact) mass is 255 g/mol. The topological polar surface area (TPSA) is 22.1 Å². The standard InChI is InChI=1S/C12H11Cl2NO/c1-16-9-2-3-11-10(6-9)12(14)8(4-5-13)7-15-11/h2-3,6-7H,4-5H2,1H3. The maximum atomic E-state index is 6.30. The molecule has 0 bridgehead atoms. The van der Waals surface area contributed by atoms with Crippen LogP contribution in [0.2, 0.25) is 5.02 Å². The van der Waals surface area contributed by atoms with E-state index in [1.165, 1.54) is 0 Å². The lowest BCUT2D eigenvalue weighted by Crippen LogP contribution is -1.92. The first-order chi connectivity index (χ1) is 7.76. The summed E-state index contributed by atoms with van der Waals surface area (Å²) >= 11 is 12.0. The van der Waals surface area contributed by atoms with Gasteiger partial charge in [0.05, 0.1) is 17.6 Å². The summed E-state index contributed by atoms with van der Waals surface area (Å²) in [6.07, 6.45) is 2.50. The summed E-state index contributed by atoms with van der Waals surface area (Å²) in [5.74, 6) is 1.32. The summed E-state index contributed by atoms with van der Waals surface area (Å²) in [5, 5.41) is 1.62. The lowest BCUT2D eigenvalue weighted by atomic mass is 10.1. The van der Waals surface area contributed by atoms with Crippen LogP contribution in [0, 0.1) is 0 Å². The molecule has 0 fully saturated rings. The Bertz CT molecular complexity index is 514. The Labute approximate surface area is 104 Å². The van der Waals surface area contributed by atoms with Crippen molar-refractivity contribution in [2.45, 2.75) is 6.42 Å². The highest BCUT2D eigenvalue weighted by Gasteiger charge is 2.07. The van der Waals surface area contributed by atoms with E-state index in [1.54, 1.807) is 13.3 Å². The first kappa shape index (κ1) is 11.5. The number of halogens is 2. The Morgan fingerprint density at radius 1 is 1.38 bits per heavy atom. The van der Waals surface area contributed by atoms with Gasteiger partial charge in [0.2, 0.25) is 0 Å². The highest BCUT2D eigenvalue weighted by Crippen LogP contribution is 2.29. The molecule has 0 aliphatic carbocycles. The van der Waals surface area contributed by atoms with Crippen molar-refractivity contribution in [2.75, 3.05) is 13.0 Å². The van der Waals surface area contributed by atoms with Gasteiger partial charge in [0.15, 0.2) is 0 Å². The molecule has 0 saturated carbocycles. The highest BCUT2D eigenvalue weighted by atomic mass is 35.5. The normalized spacial score (nSPS) is 10.7. The molecule has 1 heterocycles. The Morgan fingerprint density at radius 3 is 2.88 bits per heavy atom. The fourth-order valence-corrected chi connectivity index (χ4v) is 2.08. The molecule has 0 radical (unpaired) electrons. The molecule has 0 aliphatic rings. The molecule has 1 aromatic carbocycles. The van der Waals surface area contributed by atoms with E-state index in [-0.39, 0.29) is 0 Å². The zero-order chi connectivity index (χ0) is 11.5. The van der Waals surface area contributed by atoms with Crippen LogP contribution in [-0.2, 0) is 6.42 Å². The molecule has 2 nitrogen and oxygen atoms in total. The minimum absolute atomic E-state index is 0.539. The average Bonchev–Trinajstić information content (AvgIpc) is 2.33. The Balaban J connectivity index is 2.61. The molecule has 0 N–H and O–H groups in total. The lowest BCUT2D eigenvalue weighted by molar-refractivity contribution is 0.415. The van der Waals surface area contributed by atoms with E-state index in [2.05, 4.69) is 4.98 Å². The first-order valence-corrected chi connectivity index (χ1v) is 5.84. The SMILES string of the molecule is COc1ccc2ncc(CCCl)c(Cl)c2c1. The van der Waals surface area contributed by atoms with Crippen molar-refractivity contribution in [3.8, 4) is 5.75 Å². The number of nitrogens with zero attached hydrogens (tertiary/aromatic N) is 1. The summed E-state index contributed by atoms with van der Waals surface area (Å²) in [4.78, 5) is 4.34. The number of methoxy groups -OCH3 is 1. The second-order valence-electron chi connectivity index (χ2n) is 3.42. The Hall–Kier alpha value is -0.990. The van der Waals surface area contributed by atoms with Gasteiger partial charge in [0.25, 0.3) is 0 Å². The van der Waals surface area contributed by atoms with Crippen molar-refractivity contribution >= 4 is 34.1 Å². The maximum absolute atomic E-state index is 6.30. The van der Waals surface area contributed by atoms with Crippen LogP contribution in [-0.4, -0.2) is 18.0 Å². The molecular weight excluding hydrogens is 245 g/mol. The molecule has 0 atom stereocenters. The van der Waals surface area contributed by atoms with Gasteiger partial charge in [-0.05, 0) is 30.2 Å². The van der Waals surface area contributed by atoms with E-state index in [9.17, 15) is 0 Å². The van der Waals surface area contributed by atoms with Gasteiger partial charge in [-0.15, -0.1) is 11.6 Å². The second kappa shape index (κ2) is 4.89. The largest absolute Gasteiger partial charge is 0.497 e. The van der Waals surface area contributed by atoms with Gasteiger partial charge in [-0.1, -0.05) is 11.6 Å². The van der Waals surface area contributed by atoms with Gasteiger partial charge in [-0.3, -0.25) is 4.98 Å². The van der Waals surface area contributed by atoms with E-state index in [0.29, 0.717) is 10.9 Å². The van der Waals surface area contributed by atoms with E-state index < -0.39 is 0 Å². The van der Waals surface area contributed by atoms with Crippen LogP contribution in [0.1, 0.15) is 5.56 Å². The molecule has 0 aliphatic heterocycles. The van der Waals surface area contributed by atoms with Crippen molar-refractivity contribution in [2.24, 2.45) is 0 Å². The molecule has 84 valence electrons. The highest BCUT2D eigenvalue weighted by molar-refractivity contribution is 6.36. The molecule has 4 heteroatoms. The van der Waals surface area contributed by atoms with Gasteiger partial charge in [-0.2, -0.15) is 0 Å². The van der Waals surface area contributed by atoms with E-state index in [0.717, 1.165) is 28.6 Å². The van der Waals surface area contributed by atoms with Crippen LogP contribution in [0.25, 0.3) is 10.9 Å². The zero-order valence-corrected chi connectivity index (χ0v) is 10.3. The van der Waals surface area contributed by atoms with Gasteiger partial charge < -0.3 is 4.74 Å². The number of hydrogen-bond donors (Lipinski definition) is 0. The van der Waals surface area contributed by atoms with Crippen molar-refractivity contribution in [3.05, 3.63) is 35.0 Å². The van der Waals surface area contributed by atoms with E-state index in [1.807, 2.05) is 18.2 Å². The number of ether oxygens (including phenoxy) is 1. The predicted molar refractivity (Wildman–Crippen MR) is 67.7 cm³/mol. The number of benzene rings is 1. The van der Waals surface area contributed by atoms with Gasteiger partial charge >= 0.3 is 0 Å². The smallest absolute Gasteiger partial charge is 0.119 e. The number of aromatic nitrogens is 1. The Kier molecular flexibility index (Phi) is 3.52. The van der Waals surface area contributed by atoms with Gasteiger partial charge in [0.1, 0.15) is 5.75 Å². The van der Waals surface area contributed by atoms with Gasteiger partial charge in [-0.25, -0.2) is 0 Å². The second-order valence-corrected chi connectivity index (χ2v) is 4.18. The molecule has 0 amide bonds. The number of hydrogen-bond acceptors (Lipinski definition) is 2. The lowest BCUT2D eigenvalue weighted by Gasteiger charge is -2.07. The summed E-state index contributed by atoms with van der Waals surface area (Å²) < 4.78 is 5.16. The molecule has 0 unspecified atom stereocenters. The predicted octanol–water partition coefficient (Wildman–Crippen LogP) is 3.68. The summed E-state index contributed by atoms with van der Waals surface area (Å²) in [6, 6.07) is 5.65. The van der Waals surface area contributed by atoms with Crippen LogP contribution in [0.4, 0.5) is 0 Å². The van der Waals surface area contributed by atoms with Crippen LogP contribution < -0.4 is 4.74 Å². The minimum Gasteiger partial charge on any atom is -0.497 e. The first-order valence-electron chi connectivity index (χ1n) is 4.93. The molecule has 16 heavy (non-hydrogen) atoms. The molecule has 1 aromatic heterocycles. The summed E-state index contributed by atoms with van der Waals surface area (Å²) in [6.45, 7) is 0. The Morgan fingerprint density at radius 2 is 2.19 bits per heavy atom. The summed E-state index contributed by atoms with van der Waals surface area (Å²) in [5.41, 5.74) is 1.83. The molecule has 2 rings (SSSR count). The third-order valence-corrected chi connectivity index (χ3v) is 3.08. The third kappa shape index (κ3) is 2.08. The fraction of sp³-hybridized carbons (Fsp3) is 0.250. The number of aryl methyl sites for hydroxylation is 1. The fourth-order valence-electron chi connectivity index (χ4n) is 1.58. The quantitative estimate of drug-likeness (QED) is 0.781. The van der Waals surface area contributed by atoms with Gasteiger partial charge in [0, 0.05) is 17.5 Å².